The van der Waals surface area contributed by atoms with Crippen LogP contribution in [0.5, 0.6) is 0 Å². The lowest BCUT2D eigenvalue weighted by Gasteiger charge is -2.36. The van der Waals surface area contributed by atoms with Crippen molar-refractivity contribution in [2.24, 2.45) is 5.92 Å². The first-order chi connectivity index (χ1) is 10.1. The molecule has 1 aromatic rings. The maximum Gasteiger partial charge on any atom is 0.240 e. The van der Waals surface area contributed by atoms with Gasteiger partial charge < -0.3 is 9.84 Å². The second kappa shape index (κ2) is 6.15. The Morgan fingerprint density at radius 2 is 2.43 bits per heavy atom. The maximum absolute atomic E-state index is 12.2. The molecule has 1 amide bonds. The van der Waals surface area contributed by atoms with Crippen molar-refractivity contribution in [1.29, 1.82) is 0 Å². The highest BCUT2D eigenvalue weighted by molar-refractivity contribution is 5.91. The molecule has 0 aliphatic carbocycles. The summed E-state index contributed by atoms with van der Waals surface area (Å²) in [7, 11) is 0. The number of carbonyl (C=O) groups excluding carboxylic acids is 1. The zero-order chi connectivity index (χ0) is 14.8. The molecule has 0 saturated carbocycles. The van der Waals surface area contributed by atoms with Crippen LogP contribution in [0.25, 0.3) is 0 Å². The first kappa shape index (κ1) is 14.5. The molecule has 6 nitrogen and oxygen atoms in total. The Morgan fingerprint density at radius 3 is 3.19 bits per heavy atom. The fourth-order valence-electron chi connectivity index (χ4n) is 3.34. The molecule has 1 aromatic heterocycles. The van der Waals surface area contributed by atoms with Crippen LogP contribution >= 0.6 is 0 Å². The van der Waals surface area contributed by atoms with Crippen LogP contribution in [-0.2, 0) is 4.79 Å². The smallest absolute Gasteiger partial charge is 0.240 e. The third kappa shape index (κ3) is 3.27. The number of amides is 1. The van der Waals surface area contributed by atoms with Crippen LogP contribution in [0.4, 0.5) is 5.88 Å². The standard InChI is InChI=1S/C15H24N4O2/c1-10(2)12-6-15(21-18-12)17-14(20)9-19-5-3-4-11-7-16-8-13(11)19/h6,10-11,13,16H,3-5,7-9H2,1-2H3,(H,17,20). The molecule has 116 valence electrons. The predicted octanol–water partition coefficient (Wildman–Crippen LogP) is 1.42. The Balaban J connectivity index is 1.55. The Kier molecular flexibility index (Phi) is 4.26. The molecule has 3 heterocycles. The number of nitrogens with zero attached hydrogens (tertiary/aromatic N) is 2. The van der Waals surface area contributed by atoms with Crippen LogP contribution in [-0.4, -0.2) is 48.2 Å². The molecule has 0 spiro atoms. The molecule has 2 aliphatic rings. The van der Waals surface area contributed by atoms with Gasteiger partial charge in [-0.3, -0.25) is 15.0 Å². The predicted molar refractivity (Wildman–Crippen MR) is 80.2 cm³/mol. The summed E-state index contributed by atoms with van der Waals surface area (Å²) < 4.78 is 5.16. The number of aromatic nitrogens is 1. The number of carbonyl (C=O) groups is 1. The molecular weight excluding hydrogens is 268 g/mol. The average molecular weight is 292 g/mol. The van der Waals surface area contributed by atoms with Gasteiger partial charge in [-0.1, -0.05) is 19.0 Å². The van der Waals surface area contributed by atoms with Crippen LogP contribution in [0.15, 0.2) is 10.6 Å². The van der Waals surface area contributed by atoms with Crippen molar-refractivity contribution >= 4 is 11.8 Å². The molecule has 0 bridgehead atoms. The highest BCUT2D eigenvalue weighted by Gasteiger charge is 2.35. The van der Waals surface area contributed by atoms with E-state index in [1.54, 1.807) is 6.07 Å². The van der Waals surface area contributed by atoms with Crippen molar-refractivity contribution in [3.05, 3.63) is 11.8 Å². The summed E-state index contributed by atoms with van der Waals surface area (Å²) >= 11 is 0. The molecule has 2 unspecified atom stereocenters. The summed E-state index contributed by atoms with van der Waals surface area (Å²) in [5, 5.41) is 10.2. The molecule has 2 aliphatic heterocycles. The van der Waals surface area contributed by atoms with Gasteiger partial charge in [-0.15, -0.1) is 0 Å². The largest absolute Gasteiger partial charge is 0.338 e. The zero-order valence-corrected chi connectivity index (χ0v) is 12.8. The molecule has 2 fully saturated rings. The van der Waals surface area contributed by atoms with E-state index < -0.39 is 0 Å². The summed E-state index contributed by atoms with van der Waals surface area (Å²) in [5.41, 5.74) is 0.864. The lowest BCUT2D eigenvalue weighted by atomic mass is 9.92. The minimum Gasteiger partial charge on any atom is -0.338 e. The van der Waals surface area contributed by atoms with Crippen LogP contribution in [0.1, 0.15) is 38.3 Å². The van der Waals surface area contributed by atoms with Gasteiger partial charge in [0.05, 0.1) is 12.2 Å². The second-order valence-electron chi connectivity index (χ2n) is 6.42. The van der Waals surface area contributed by atoms with Crippen molar-refractivity contribution in [3.8, 4) is 0 Å². The van der Waals surface area contributed by atoms with Gasteiger partial charge in [-0.25, -0.2) is 0 Å². The minimum atomic E-state index is -0.0194. The Hall–Kier alpha value is -1.40. The van der Waals surface area contributed by atoms with Gasteiger partial charge in [-0.05, 0) is 37.8 Å². The SMILES string of the molecule is CC(C)c1cc(NC(=O)CN2CCCC3CNCC32)on1. The summed E-state index contributed by atoms with van der Waals surface area (Å²) in [6, 6.07) is 2.31. The van der Waals surface area contributed by atoms with E-state index in [0.717, 1.165) is 25.3 Å². The minimum absolute atomic E-state index is 0.0194. The molecule has 6 heteroatoms. The summed E-state index contributed by atoms with van der Waals surface area (Å²) in [6.07, 6.45) is 2.45. The van der Waals surface area contributed by atoms with Crippen LogP contribution in [0, 0.1) is 5.92 Å². The van der Waals surface area contributed by atoms with Crippen molar-refractivity contribution in [3.63, 3.8) is 0 Å². The second-order valence-corrected chi connectivity index (χ2v) is 6.42. The molecule has 0 aromatic carbocycles. The van der Waals surface area contributed by atoms with E-state index >= 15 is 0 Å². The van der Waals surface area contributed by atoms with E-state index in [-0.39, 0.29) is 5.91 Å². The number of fused-ring (bicyclic) bond motifs is 1. The van der Waals surface area contributed by atoms with Crippen molar-refractivity contribution in [2.75, 3.05) is 31.5 Å². The quantitative estimate of drug-likeness (QED) is 0.878. The maximum atomic E-state index is 12.2. The number of nitrogens with one attached hydrogen (secondary N) is 2. The van der Waals surface area contributed by atoms with Gasteiger partial charge in [-0.2, -0.15) is 0 Å². The van der Waals surface area contributed by atoms with Gasteiger partial charge in [0.15, 0.2) is 0 Å². The van der Waals surface area contributed by atoms with E-state index in [1.807, 2.05) is 13.8 Å². The van der Waals surface area contributed by atoms with E-state index in [0.29, 0.717) is 30.3 Å². The lowest BCUT2D eigenvalue weighted by Crippen LogP contribution is -2.48. The van der Waals surface area contributed by atoms with E-state index in [1.165, 1.54) is 12.8 Å². The highest BCUT2D eigenvalue weighted by atomic mass is 16.5. The topological polar surface area (TPSA) is 70.4 Å². The number of likely N-dealkylation sites (tertiary alicyclic amines) is 1. The third-order valence-corrected chi connectivity index (χ3v) is 4.52. The van der Waals surface area contributed by atoms with Crippen molar-refractivity contribution in [1.82, 2.24) is 15.4 Å². The molecule has 3 rings (SSSR count). The fraction of sp³-hybridized carbons (Fsp3) is 0.733. The molecule has 0 radical (unpaired) electrons. The van der Waals surface area contributed by atoms with Gasteiger partial charge in [0.2, 0.25) is 11.8 Å². The molecular formula is C15H24N4O2. The van der Waals surface area contributed by atoms with Crippen LogP contribution in [0.3, 0.4) is 0 Å². The number of hydrogen-bond donors (Lipinski definition) is 2. The van der Waals surface area contributed by atoms with Gasteiger partial charge >= 0.3 is 0 Å². The van der Waals surface area contributed by atoms with E-state index in [2.05, 4.69) is 20.7 Å². The first-order valence-electron chi connectivity index (χ1n) is 7.84. The van der Waals surface area contributed by atoms with Crippen LogP contribution in [0.2, 0.25) is 0 Å². The average Bonchev–Trinajstić information content (AvgIpc) is 3.07. The molecule has 2 saturated heterocycles. The zero-order valence-electron chi connectivity index (χ0n) is 12.8. The fourth-order valence-corrected chi connectivity index (χ4v) is 3.34. The summed E-state index contributed by atoms with van der Waals surface area (Å²) in [5.74, 6) is 1.42. The number of hydrogen-bond acceptors (Lipinski definition) is 5. The summed E-state index contributed by atoms with van der Waals surface area (Å²) in [6.45, 7) is 7.61. The molecule has 2 N–H and O–H groups in total. The number of piperidine rings is 1. The Labute approximate surface area is 125 Å². The van der Waals surface area contributed by atoms with E-state index in [4.69, 9.17) is 4.52 Å². The Morgan fingerprint density at radius 1 is 1.57 bits per heavy atom. The Bertz CT molecular complexity index is 500. The monoisotopic (exact) mass is 292 g/mol. The molecule has 2 atom stereocenters. The third-order valence-electron chi connectivity index (χ3n) is 4.52. The normalized spacial score (nSPS) is 26.0. The summed E-state index contributed by atoms with van der Waals surface area (Å²) in [4.78, 5) is 14.5. The van der Waals surface area contributed by atoms with Crippen molar-refractivity contribution in [2.45, 2.75) is 38.6 Å². The van der Waals surface area contributed by atoms with E-state index in [9.17, 15) is 4.79 Å². The van der Waals surface area contributed by atoms with Crippen molar-refractivity contribution < 1.29 is 9.32 Å². The first-order valence-corrected chi connectivity index (χ1v) is 7.84. The van der Waals surface area contributed by atoms with Gasteiger partial charge in [0, 0.05) is 18.7 Å². The number of rotatable bonds is 4. The van der Waals surface area contributed by atoms with Gasteiger partial charge in [0.1, 0.15) is 0 Å². The molecule has 21 heavy (non-hydrogen) atoms. The lowest BCUT2D eigenvalue weighted by molar-refractivity contribution is -0.118. The number of anilines is 1. The highest BCUT2D eigenvalue weighted by Crippen LogP contribution is 2.26. The van der Waals surface area contributed by atoms with Gasteiger partial charge in [0.25, 0.3) is 0 Å². The van der Waals surface area contributed by atoms with Crippen LogP contribution < -0.4 is 10.6 Å².